The Labute approximate surface area is 125 Å². The van der Waals surface area contributed by atoms with Crippen LogP contribution in [0.3, 0.4) is 0 Å². The minimum atomic E-state index is -1.16. The predicted molar refractivity (Wildman–Crippen MR) is 79.8 cm³/mol. The molecule has 0 fully saturated rings. The van der Waals surface area contributed by atoms with Crippen LogP contribution in [0.25, 0.3) is 0 Å². The van der Waals surface area contributed by atoms with Crippen molar-refractivity contribution in [3.05, 3.63) is 0 Å². The van der Waals surface area contributed by atoms with Crippen LogP contribution >= 0.6 is 0 Å². The lowest BCUT2D eigenvalue weighted by atomic mass is 10.1. The lowest BCUT2D eigenvalue weighted by molar-refractivity contribution is -0.139. The molecular weight excluding hydrogens is 274 g/mol. The van der Waals surface area contributed by atoms with Crippen molar-refractivity contribution in [2.24, 2.45) is 5.73 Å². The van der Waals surface area contributed by atoms with E-state index in [0.717, 1.165) is 25.7 Å². The first-order valence-electron chi connectivity index (χ1n) is 7.48. The summed E-state index contributed by atoms with van der Waals surface area (Å²) in [6, 6.07) is -1.48. The smallest absolute Gasteiger partial charge is 0.326 e. The number of aliphatic carboxylic acids is 1. The molecule has 0 rings (SSSR count). The molecule has 7 heteroatoms. The number of rotatable bonds is 11. The molecule has 0 aliphatic heterocycles. The largest absolute Gasteiger partial charge is 0.480 e. The summed E-state index contributed by atoms with van der Waals surface area (Å²) in [6.07, 6.45) is 3.60. The van der Waals surface area contributed by atoms with Crippen molar-refractivity contribution >= 4 is 17.9 Å². The number of nitrogens with zero attached hydrogens (tertiary/aromatic N) is 1. The van der Waals surface area contributed by atoms with Crippen molar-refractivity contribution in [2.75, 3.05) is 13.1 Å². The minimum Gasteiger partial charge on any atom is -0.480 e. The third-order valence-corrected chi connectivity index (χ3v) is 3.13. The van der Waals surface area contributed by atoms with Crippen LogP contribution in [0.15, 0.2) is 0 Å². The molecule has 0 saturated heterocycles. The Kier molecular flexibility index (Phi) is 10.0. The molecule has 7 nitrogen and oxygen atoms in total. The second-order valence-electron chi connectivity index (χ2n) is 5.04. The zero-order valence-corrected chi connectivity index (χ0v) is 12.9. The Hall–Kier alpha value is -1.79. The maximum absolute atomic E-state index is 12.1. The summed E-state index contributed by atoms with van der Waals surface area (Å²) >= 11 is 0. The molecule has 4 N–H and O–H groups in total. The van der Waals surface area contributed by atoms with Crippen molar-refractivity contribution < 1.29 is 19.5 Å². The fourth-order valence-electron chi connectivity index (χ4n) is 1.80. The number of primary amides is 1. The van der Waals surface area contributed by atoms with Gasteiger partial charge in [-0.3, -0.25) is 4.79 Å². The van der Waals surface area contributed by atoms with Crippen molar-refractivity contribution in [3.63, 3.8) is 0 Å². The van der Waals surface area contributed by atoms with Gasteiger partial charge in [-0.25, -0.2) is 9.59 Å². The fourth-order valence-corrected chi connectivity index (χ4v) is 1.80. The van der Waals surface area contributed by atoms with Gasteiger partial charge in [0.05, 0.1) is 0 Å². The molecule has 3 amide bonds. The van der Waals surface area contributed by atoms with E-state index in [0.29, 0.717) is 13.1 Å². The summed E-state index contributed by atoms with van der Waals surface area (Å²) in [5, 5.41) is 11.6. The van der Waals surface area contributed by atoms with Crippen LogP contribution in [0.5, 0.6) is 0 Å². The number of nitrogens with two attached hydrogens (primary N) is 1. The van der Waals surface area contributed by atoms with Gasteiger partial charge in [0, 0.05) is 19.5 Å². The lowest BCUT2D eigenvalue weighted by Crippen LogP contribution is -2.48. The van der Waals surface area contributed by atoms with E-state index in [4.69, 9.17) is 10.8 Å². The van der Waals surface area contributed by atoms with E-state index in [1.807, 2.05) is 13.8 Å². The molecule has 0 saturated carbocycles. The first-order valence-corrected chi connectivity index (χ1v) is 7.48. The molecule has 122 valence electrons. The van der Waals surface area contributed by atoms with E-state index in [2.05, 4.69) is 5.32 Å². The predicted octanol–water partition coefficient (Wildman–Crippen LogP) is 1.32. The first-order chi connectivity index (χ1) is 9.92. The number of amides is 3. The van der Waals surface area contributed by atoms with Crippen LogP contribution in [0, 0.1) is 0 Å². The number of carboxylic acid groups (broad SMARTS) is 1. The van der Waals surface area contributed by atoms with E-state index in [1.165, 1.54) is 0 Å². The second-order valence-corrected chi connectivity index (χ2v) is 5.04. The topological polar surface area (TPSA) is 113 Å². The average Bonchev–Trinajstić information content (AvgIpc) is 2.42. The molecule has 0 bridgehead atoms. The zero-order valence-electron chi connectivity index (χ0n) is 12.9. The number of unbranched alkanes of at least 4 members (excludes halogenated alkanes) is 2. The number of urea groups is 1. The maximum atomic E-state index is 12.1. The molecule has 0 aromatic carbocycles. The highest BCUT2D eigenvalue weighted by Gasteiger charge is 2.23. The maximum Gasteiger partial charge on any atom is 0.326 e. The summed E-state index contributed by atoms with van der Waals surface area (Å²) in [6.45, 7) is 5.26. The highest BCUT2D eigenvalue weighted by Crippen LogP contribution is 2.03. The number of nitrogens with one attached hydrogen (secondary N) is 1. The second kappa shape index (κ2) is 10.9. The summed E-state index contributed by atoms with van der Waals surface area (Å²) in [5.41, 5.74) is 5.01. The van der Waals surface area contributed by atoms with E-state index >= 15 is 0 Å². The fraction of sp³-hybridized carbons (Fsp3) is 0.786. The Bertz CT molecular complexity index is 339. The highest BCUT2D eigenvalue weighted by atomic mass is 16.4. The van der Waals surface area contributed by atoms with Gasteiger partial charge in [0.25, 0.3) is 0 Å². The van der Waals surface area contributed by atoms with Crippen molar-refractivity contribution in [1.29, 1.82) is 0 Å². The molecule has 0 heterocycles. The molecule has 1 atom stereocenters. The number of hydrogen-bond acceptors (Lipinski definition) is 3. The van der Waals surface area contributed by atoms with Gasteiger partial charge in [-0.05, 0) is 19.3 Å². The van der Waals surface area contributed by atoms with Crippen LogP contribution < -0.4 is 11.1 Å². The quantitative estimate of drug-likeness (QED) is 0.534. The molecule has 0 aliphatic carbocycles. The van der Waals surface area contributed by atoms with E-state index < -0.39 is 23.9 Å². The summed E-state index contributed by atoms with van der Waals surface area (Å²) in [5.74, 6) is -1.74. The van der Waals surface area contributed by atoms with Crippen LogP contribution in [0.1, 0.15) is 52.4 Å². The van der Waals surface area contributed by atoms with Crippen LogP contribution in [0.4, 0.5) is 4.79 Å². The van der Waals surface area contributed by atoms with Gasteiger partial charge in [0.1, 0.15) is 6.04 Å². The average molecular weight is 301 g/mol. The summed E-state index contributed by atoms with van der Waals surface area (Å²) < 4.78 is 0. The van der Waals surface area contributed by atoms with Gasteiger partial charge in [-0.15, -0.1) is 0 Å². The van der Waals surface area contributed by atoms with E-state index in [-0.39, 0.29) is 12.8 Å². The Morgan fingerprint density at radius 2 is 1.67 bits per heavy atom. The monoisotopic (exact) mass is 301 g/mol. The van der Waals surface area contributed by atoms with E-state index in [1.54, 1.807) is 4.90 Å². The molecule has 21 heavy (non-hydrogen) atoms. The molecule has 0 unspecified atom stereocenters. The van der Waals surface area contributed by atoms with Gasteiger partial charge in [-0.2, -0.15) is 0 Å². The molecule has 0 spiro atoms. The highest BCUT2D eigenvalue weighted by molar-refractivity contribution is 5.83. The zero-order chi connectivity index (χ0) is 16.3. The normalized spacial score (nSPS) is 11.7. The lowest BCUT2D eigenvalue weighted by Gasteiger charge is -2.25. The Morgan fingerprint density at radius 3 is 2.05 bits per heavy atom. The van der Waals surface area contributed by atoms with Crippen molar-refractivity contribution in [1.82, 2.24) is 10.2 Å². The third kappa shape index (κ3) is 8.88. The molecular formula is C14H27N3O4. The molecule has 0 radical (unpaired) electrons. The van der Waals surface area contributed by atoms with Crippen LogP contribution in [-0.2, 0) is 9.59 Å². The van der Waals surface area contributed by atoms with Crippen LogP contribution in [-0.4, -0.2) is 47.0 Å². The van der Waals surface area contributed by atoms with Crippen molar-refractivity contribution in [2.45, 2.75) is 58.4 Å². The Morgan fingerprint density at radius 1 is 1.14 bits per heavy atom. The molecule has 0 aromatic rings. The summed E-state index contributed by atoms with van der Waals surface area (Å²) in [7, 11) is 0. The number of carbonyl (C=O) groups is 3. The van der Waals surface area contributed by atoms with Gasteiger partial charge in [0.15, 0.2) is 0 Å². The van der Waals surface area contributed by atoms with E-state index in [9.17, 15) is 14.4 Å². The first kappa shape index (κ1) is 19.2. The van der Waals surface area contributed by atoms with Crippen LogP contribution in [0.2, 0.25) is 0 Å². The van der Waals surface area contributed by atoms with Gasteiger partial charge < -0.3 is 21.1 Å². The standard InChI is InChI=1S/C14H27N3O4/c1-3-5-9-17(10-6-4-2)14(21)16-11(13(19)20)7-8-12(15)18/h11H,3-10H2,1-2H3,(H2,15,18)(H,16,21)(H,19,20)/t11-/m0/s1. The number of carbonyl (C=O) groups excluding carboxylic acids is 2. The Balaban J connectivity index is 4.56. The third-order valence-electron chi connectivity index (χ3n) is 3.13. The van der Waals surface area contributed by atoms with Crippen molar-refractivity contribution in [3.8, 4) is 0 Å². The molecule has 0 aromatic heterocycles. The minimum absolute atomic E-state index is 0.00576. The summed E-state index contributed by atoms with van der Waals surface area (Å²) in [4.78, 5) is 35.6. The van der Waals surface area contributed by atoms with Gasteiger partial charge in [-0.1, -0.05) is 26.7 Å². The SMILES string of the molecule is CCCCN(CCCC)C(=O)N[C@@H](CCC(N)=O)C(=O)O. The number of carboxylic acids is 1. The van der Waals surface area contributed by atoms with Gasteiger partial charge in [0.2, 0.25) is 5.91 Å². The molecule has 0 aliphatic rings. The van der Waals surface area contributed by atoms with Gasteiger partial charge >= 0.3 is 12.0 Å². The number of hydrogen-bond donors (Lipinski definition) is 3.